The first kappa shape index (κ1) is 9.66. The molecule has 1 aliphatic carbocycles. The highest BCUT2D eigenvalue weighted by Gasteiger charge is 2.25. The van der Waals surface area contributed by atoms with Crippen molar-refractivity contribution >= 4 is 0 Å². The fraction of sp³-hybridized carbons (Fsp3) is 0.583. The van der Waals surface area contributed by atoms with Gasteiger partial charge in [0.15, 0.2) is 0 Å². The quantitative estimate of drug-likeness (QED) is 0.789. The van der Waals surface area contributed by atoms with Gasteiger partial charge >= 0.3 is 0 Å². The number of hydrogen-bond donors (Lipinski definition) is 1. The molecule has 1 N–H and O–H groups in total. The lowest BCUT2D eigenvalue weighted by Gasteiger charge is -2.15. The number of aryl methyl sites for hydroxylation is 1. The minimum atomic E-state index is 0.447. The average molecular weight is 190 g/mol. The Balaban J connectivity index is 2.08. The molecule has 0 spiro atoms. The summed E-state index contributed by atoms with van der Waals surface area (Å²) in [5, 5.41) is 3.35. The van der Waals surface area contributed by atoms with Crippen molar-refractivity contribution in [1.82, 2.24) is 10.3 Å². The summed E-state index contributed by atoms with van der Waals surface area (Å²) in [4.78, 5) is 4.43. The van der Waals surface area contributed by atoms with E-state index in [0.717, 1.165) is 5.92 Å². The third-order valence-corrected chi connectivity index (χ3v) is 2.91. The van der Waals surface area contributed by atoms with Crippen LogP contribution in [0.25, 0.3) is 0 Å². The fourth-order valence-corrected chi connectivity index (χ4v) is 1.82. The summed E-state index contributed by atoms with van der Waals surface area (Å²) in [6, 6.07) is 4.68. The highest BCUT2D eigenvalue weighted by molar-refractivity contribution is 5.17. The highest BCUT2D eigenvalue weighted by Crippen LogP contribution is 2.37. The lowest BCUT2D eigenvalue weighted by molar-refractivity contribution is 0.503. The van der Waals surface area contributed by atoms with Crippen LogP contribution in [0.1, 0.15) is 36.6 Å². The van der Waals surface area contributed by atoms with E-state index in [1.807, 2.05) is 19.3 Å². The second-order valence-electron chi connectivity index (χ2n) is 4.28. The Hall–Kier alpha value is -0.890. The monoisotopic (exact) mass is 190 g/mol. The fourth-order valence-electron chi connectivity index (χ4n) is 1.82. The molecule has 0 saturated heterocycles. The van der Waals surface area contributed by atoms with Gasteiger partial charge in [0.2, 0.25) is 0 Å². The van der Waals surface area contributed by atoms with E-state index in [-0.39, 0.29) is 0 Å². The normalized spacial score (nSPS) is 18.1. The van der Waals surface area contributed by atoms with E-state index in [4.69, 9.17) is 0 Å². The maximum atomic E-state index is 4.43. The van der Waals surface area contributed by atoms with Crippen LogP contribution in [0.3, 0.4) is 0 Å². The Labute approximate surface area is 85.7 Å². The predicted octanol–water partition coefficient (Wildman–Crippen LogP) is 2.45. The molecule has 1 aromatic rings. The first-order valence-electron chi connectivity index (χ1n) is 5.39. The van der Waals surface area contributed by atoms with Crippen LogP contribution in [0.15, 0.2) is 18.3 Å². The molecule has 1 aromatic heterocycles. The van der Waals surface area contributed by atoms with Gasteiger partial charge in [-0.05, 0) is 44.0 Å². The number of rotatable bonds is 4. The van der Waals surface area contributed by atoms with Gasteiger partial charge in [0.25, 0.3) is 0 Å². The van der Waals surface area contributed by atoms with Crippen molar-refractivity contribution in [2.45, 2.75) is 32.2 Å². The Kier molecular flexibility index (Phi) is 2.82. The Morgan fingerprint density at radius 2 is 2.36 bits per heavy atom. The molecule has 1 fully saturated rings. The van der Waals surface area contributed by atoms with E-state index in [9.17, 15) is 0 Å². The minimum Gasteiger partial charge on any atom is -0.312 e. The predicted molar refractivity (Wildman–Crippen MR) is 58.1 cm³/mol. The molecule has 1 heterocycles. The standard InChI is InChI=1S/C12H18N2/c1-9-5-6-14-12(7-9)11(13-2)8-10-3-4-10/h5-7,10-11,13H,3-4,8H2,1-2H3. The van der Waals surface area contributed by atoms with E-state index >= 15 is 0 Å². The van der Waals surface area contributed by atoms with Crippen LogP contribution in [0.4, 0.5) is 0 Å². The summed E-state index contributed by atoms with van der Waals surface area (Å²) in [7, 11) is 2.02. The van der Waals surface area contributed by atoms with Crippen LogP contribution in [0.2, 0.25) is 0 Å². The number of pyridine rings is 1. The Morgan fingerprint density at radius 1 is 1.57 bits per heavy atom. The van der Waals surface area contributed by atoms with Crippen molar-refractivity contribution < 1.29 is 0 Å². The van der Waals surface area contributed by atoms with E-state index in [1.165, 1.54) is 30.5 Å². The molecule has 1 saturated carbocycles. The van der Waals surface area contributed by atoms with Crippen LogP contribution in [-0.4, -0.2) is 12.0 Å². The van der Waals surface area contributed by atoms with E-state index in [0.29, 0.717) is 6.04 Å². The molecule has 0 radical (unpaired) electrons. The van der Waals surface area contributed by atoms with Crippen molar-refractivity contribution in [2.75, 3.05) is 7.05 Å². The maximum Gasteiger partial charge on any atom is 0.0575 e. The smallest absolute Gasteiger partial charge is 0.0575 e. The molecule has 0 aromatic carbocycles. The summed E-state index contributed by atoms with van der Waals surface area (Å²) in [5.41, 5.74) is 2.49. The first-order chi connectivity index (χ1) is 6.79. The van der Waals surface area contributed by atoms with Crippen molar-refractivity contribution in [3.05, 3.63) is 29.6 Å². The molecule has 0 aliphatic heterocycles. The number of aromatic nitrogens is 1. The SMILES string of the molecule is CNC(CC1CC1)c1cc(C)ccn1. The van der Waals surface area contributed by atoms with Gasteiger partial charge in [0, 0.05) is 12.2 Å². The summed E-state index contributed by atoms with van der Waals surface area (Å²) in [6.45, 7) is 2.12. The van der Waals surface area contributed by atoms with E-state index in [2.05, 4.69) is 23.3 Å². The lowest BCUT2D eigenvalue weighted by atomic mass is 10.1. The largest absolute Gasteiger partial charge is 0.312 e. The second kappa shape index (κ2) is 4.09. The Morgan fingerprint density at radius 3 is 2.93 bits per heavy atom. The third kappa shape index (κ3) is 2.32. The summed E-state index contributed by atoms with van der Waals surface area (Å²) >= 11 is 0. The number of nitrogens with zero attached hydrogens (tertiary/aromatic N) is 1. The second-order valence-corrected chi connectivity index (χ2v) is 4.28. The molecule has 1 atom stereocenters. The van der Waals surface area contributed by atoms with Crippen LogP contribution < -0.4 is 5.32 Å². The van der Waals surface area contributed by atoms with Gasteiger partial charge in [0.05, 0.1) is 5.69 Å². The van der Waals surface area contributed by atoms with Crippen LogP contribution in [0, 0.1) is 12.8 Å². The van der Waals surface area contributed by atoms with Gasteiger partial charge in [-0.25, -0.2) is 0 Å². The third-order valence-electron chi connectivity index (χ3n) is 2.91. The zero-order valence-corrected chi connectivity index (χ0v) is 8.96. The molecule has 2 heteroatoms. The molecule has 2 rings (SSSR count). The van der Waals surface area contributed by atoms with Gasteiger partial charge in [-0.1, -0.05) is 12.8 Å². The van der Waals surface area contributed by atoms with Gasteiger partial charge in [-0.15, -0.1) is 0 Å². The zero-order chi connectivity index (χ0) is 9.97. The molecule has 2 nitrogen and oxygen atoms in total. The van der Waals surface area contributed by atoms with Crippen molar-refractivity contribution in [2.24, 2.45) is 5.92 Å². The van der Waals surface area contributed by atoms with E-state index < -0.39 is 0 Å². The molecule has 1 aliphatic rings. The lowest BCUT2D eigenvalue weighted by Crippen LogP contribution is -2.18. The molecule has 1 unspecified atom stereocenters. The number of hydrogen-bond acceptors (Lipinski definition) is 2. The number of nitrogens with one attached hydrogen (secondary N) is 1. The van der Waals surface area contributed by atoms with Gasteiger partial charge in [-0.3, -0.25) is 4.98 Å². The molecule has 14 heavy (non-hydrogen) atoms. The van der Waals surface area contributed by atoms with Gasteiger partial charge in [-0.2, -0.15) is 0 Å². The molecule has 0 bridgehead atoms. The Bertz CT molecular complexity index is 305. The van der Waals surface area contributed by atoms with Crippen LogP contribution >= 0.6 is 0 Å². The molecule has 0 amide bonds. The van der Waals surface area contributed by atoms with Gasteiger partial charge in [0.1, 0.15) is 0 Å². The van der Waals surface area contributed by atoms with Crippen LogP contribution in [0.5, 0.6) is 0 Å². The zero-order valence-electron chi connectivity index (χ0n) is 8.96. The molecule has 76 valence electrons. The summed E-state index contributed by atoms with van der Waals surface area (Å²) in [5.74, 6) is 0.940. The molecular weight excluding hydrogens is 172 g/mol. The minimum absolute atomic E-state index is 0.447. The van der Waals surface area contributed by atoms with Crippen molar-refractivity contribution in [3.63, 3.8) is 0 Å². The summed E-state index contributed by atoms with van der Waals surface area (Å²) in [6.07, 6.45) is 5.96. The highest BCUT2D eigenvalue weighted by atomic mass is 14.9. The first-order valence-corrected chi connectivity index (χ1v) is 5.39. The van der Waals surface area contributed by atoms with Crippen molar-refractivity contribution in [1.29, 1.82) is 0 Å². The topological polar surface area (TPSA) is 24.9 Å². The van der Waals surface area contributed by atoms with Gasteiger partial charge < -0.3 is 5.32 Å². The molecular formula is C12H18N2. The van der Waals surface area contributed by atoms with E-state index in [1.54, 1.807) is 0 Å². The van der Waals surface area contributed by atoms with Crippen LogP contribution in [-0.2, 0) is 0 Å². The average Bonchev–Trinajstić information content (AvgIpc) is 2.98. The maximum absolute atomic E-state index is 4.43. The van der Waals surface area contributed by atoms with Crippen molar-refractivity contribution in [3.8, 4) is 0 Å². The summed E-state index contributed by atoms with van der Waals surface area (Å²) < 4.78 is 0.